The first-order valence-electron chi connectivity index (χ1n) is 8.02. The van der Waals surface area contributed by atoms with E-state index in [2.05, 4.69) is 4.99 Å². The van der Waals surface area contributed by atoms with Gasteiger partial charge < -0.3 is 0 Å². The molecule has 142 valence electrons. The van der Waals surface area contributed by atoms with Crippen LogP contribution < -0.4 is 4.90 Å². The zero-order valence-corrected chi connectivity index (χ0v) is 16.6. The minimum absolute atomic E-state index is 0.112. The fourth-order valence-electron chi connectivity index (χ4n) is 2.73. The molecule has 0 fully saturated rings. The molecule has 27 heavy (non-hydrogen) atoms. The van der Waals surface area contributed by atoms with Gasteiger partial charge in [-0.2, -0.15) is 0 Å². The molecule has 0 radical (unpaired) electrons. The molecule has 0 atom stereocenters. The highest BCUT2D eigenvalue weighted by Gasteiger charge is 2.29. The number of benzodiazepines with no additional fused rings is 1. The van der Waals surface area contributed by atoms with E-state index in [4.69, 9.17) is 23.2 Å². The molecule has 0 saturated heterocycles. The van der Waals surface area contributed by atoms with Crippen molar-refractivity contribution < 1.29 is 17.6 Å². The van der Waals surface area contributed by atoms with Crippen molar-refractivity contribution in [3.8, 4) is 0 Å². The molecule has 1 amide bonds. The highest BCUT2D eigenvalue weighted by molar-refractivity contribution is 7.91. The molecule has 5 nitrogen and oxygen atoms in total. The minimum atomic E-state index is -3.49. The summed E-state index contributed by atoms with van der Waals surface area (Å²) in [5, 5.41) is 0.576. The second-order valence-electron chi connectivity index (χ2n) is 5.93. The number of benzene rings is 2. The predicted molar refractivity (Wildman–Crippen MR) is 105 cm³/mol. The molecule has 0 N–H and O–H groups in total. The monoisotopic (exact) mass is 428 g/mol. The summed E-state index contributed by atoms with van der Waals surface area (Å²) in [6.07, 6.45) is 0. The Morgan fingerprint density at radius 2 is 1.78 bits per heavy atom. The van der Waals surface area contributed by atoms with Crippen LogP contribution in [0.4, 0.5) is 10.1 Å². The van der Waals surface area contributed by atoms with Crippen LogP contribution in [-0.2, 0) is 14.6 Å². The van der Waals surface area contributed by atoms with Gasteiger partial charge in [0.25, 0.3) is 0 Å². The molecule has 2 aromatic carbocycles. The molecular formula is C18H15Cl2FN2O3S. The van der Waals surface area contributed by atoms with Gasteiger partial charge in [0.2, 0.25) is 5.91 Å². The number of sulfone groups is 1. The van der Waals surface area contributed by atoms with Crippen LogP contribution in [0.1, 0.15) is 18.1 Å². The number of fused-ring (bicyclic) bond motifs is 1. The lowest BCUT2D eigenvalue weighted by molar-refractivity contribution is -0.117. The van der Waals surface area contributed by atoms with Crippen LogP contribution in [0.15, 0.2) is 41.4 Å². The van der Waals surface area contributed by atoms with Gasteiger partial charge in [-0.25, -0.2) is 12.8 Å². The topological polar surface area (TPSA) is 66.8 Å². The fraction of sp³-hybridized carbons (Fsp3) is 0.222. The lowest BCUT2D eigenvalue weighted by atomic mass is 10.00. The molecular weight excluding hydrogens is 414 g/mol. The van der Waals surface area contributed by atoms with Gasteiger partial charge in [-0.1, -0.05) is 30.1 Å². The number of carbonyl (C=O) groups excluding carboxylic acids is 1. The highest BCUT2D eigenvalue weighted by Crippen LogP contribution is 2.31. The number of anilines is 1. The van der Waals surface area contributed by atoms with Crippen molar-refractivity contribution in [1.29, 1.82) is 0 Å². The SMILES string of the molecule is CCS(=O)(=O)CN1C(=O)CN=C(c2ccc(Cl)cc2F)c2cc(Cl)ccc21. The maximum Gasteiger partial charge on any atom is 0.249 e. The molecule has 1 aliphatic heterocycles. The summed E-state index contributed by atoms with van der Waals surface area (Å²) in [5.41, 5.74) is 1.05. The van der Waals surface area contributed by atoms with Crippen molar-refractivity contribution in [2.75, 3.05) is 23.1 Å². The maximum absolute atomic E-state index is 14.5. The first-order valence-corrected chi connectivity index (χ1v) is 10.6. The number of nitrogens with zero attached hydrogens (tertiary/aromatic N) is 2. The third kappa shape index (κ3) is 4.15. The lowest BCUT2D eigenvalue weighted by Crippen LogP contribution is -2.37. The van der Waals surface area contributed by atoms with Gasteiger partial charge in [-0.05, 0) is 36.4 Å². The molecule has 2 aromatic rings. The van der Waals surface area contributed by atoms with Crippen molar-refractivity contribution in [3.05, 3.63) is 63.4 Å². The van der Waals surface area contributed by atoms with Crippen LogP contribution >= 0.6 is 23.2 Å². The second kappa shape index (κ2) is 7.58. The first-order chi connectivity index (χ1) is 12.7. The Hall–Kier alpha value is -1.96. The number of halogens is 3. The number of hydrogen-bond acceptors (Lipinski definition) is 4. The highest BCUT2D eigenvalue weighted by atomic mass is 35.5. The van der Waals surface area contributed by atoms with E-state index in [0.29, 0.717) is 16.3 Å². The molecule has 0 saturated carbocycles. The van der Waals surface area contributed by atoms with E-state index in [1.807, 2.05) is 0 Å². The Kier molecular flexibility index (Phi) is 5.55. The summed E-state index contributed by atoms with van der Waals surface area (Å²) < 4.78 is 38.7. The first kappa shape index (κ1) is 19.8. The van der Waals surface area contributed by atoms with E-state index in [0.717, 1.165) is 11.0 Å². The number of aliphatic imine (C=N–C) groups is 1. The summed E-state index contributed by atoms with van der Waals surface area (Å²) in [6, 6.07) is 8.74. The Morgan fingerprint density at radius 3 is 2.44 bits per heavy atom. The Bertz CT molecular complexity index is 1050. The normalized spacial score (nSPS) is 14.6. The van der Waals surface area contributed by atoms with Crippen molar-refractivity contribution in [3.63, 3.8) is 0 Å². The number of rotatable bonds is 4. The Balaban J connectivity index is 2.20. The summed E-state index contributed by atoms with van der Waals surface area (Å²) in [5.74, 6) is -1.70. The molecule has 0 unspecified atom stereocenters. The summed E-state index contributed by atoms with van der Waals surface area (Å²) in [4.78, 5) is 18.0. The number of carbonyl (C=O) groups is 1. The minimum Gasteiger partial charge on any atom is -0.295 e. The smallest absolute Gasteiger partial charge is 0.249 e. The molecule has 1 heterocycles. The van der Waals surface area contributed by atoms with E-state index in [1.165, 1.54) is 31.2 Å². The number of amides is 1. The van der Waals surface area contributed by atoms with Crippen molar-refractivity contribution in [2.45, 2.75) is 6.92 Å². The van der Waals surface area contributed by atoms with Crippen LogP contribution in [-0.4, -0.2) is 38.2 Å². The van der Waals surface area contributed by atoms with E-state index < -0.39 is 27.4 Å². The zero-order valence-electron chi connectivity index (χ0n) is 14.2. The average molecular weight is 429 g/mol. The zero-order chi connectivity index (χ0) is 19.8. The van der Waals surface area contributed by atoms with Gasteiger partial charge in [0.15, 0.2) is 9.84 Å². The quantitative estimate of drug-likeness (QED) is 0.745. The average Bonchev–Trinajstić information content (AvgIpc) is 2.73. The van der Waals surface area contributed by atoms with Crippen molar-refractivity contribution in [1.82, 2.24) is 0 Å². The third-order valence-electron chi connectivity index (χ3n) is 4.13. The maximum atomic E-state index is 14.5. The molecule has 0 aliphatic carbocycles. The van der Waals surface area contributed by atoms with Gasteiger partial charge in [-0.3, -0.25) is 14.7 Å². The summed E-state index contributed by atoms with van der Waals surface area (Å²) in [7, 11) is -3.49. The standard InChI is InChI=1S/C18H15Cl2FN2O3S/c1-2-27(25,26)10-23-16-6-4-11(19)7-14(16)18(22-9-17(23)24)13-5-3-12(20)8-15(13)21/h3-8H,2,9-10H2,1H3. The van der Waals surface area contributed by atoms with Crippen LogP contribution in [0.3, 0.4) is 0 Å². The molecule has 0 aromatic heterocycles. The van der Waals surface area contributed by atoms with Gasteiger partial charge in [-0.15, -0.1) is 0 Å². The molecule has 0 bridgehead atoms. The van der Waals surface area contributed by atoms with E-state index in [1.54, 1.807) is 6.07 Å². The second-order valence-corrected chi connectivity index (χ2v) is 9.13. The van der Waals surface area contributed by atoms with E-state index >= 15 is 0 Å². The van der Waals surface area contributed by atoms with E-state index in [9.17, 15) is 17.6 Å². The Labute approximate surface area is 166 Å². The fourth-order valence-corrected chi connectivity index (χ4v) is 3.92. The van der Waals surface area contributed by atoms with E-state index in [-0.39, 0.29) is 28.6 Å². The van der Waals surface area contributed by atoms with Gasteiger partial charge >= 0.3 is 0 Å². The van der Waals surface area contributed by atoms with Crippen LogP contribution in [0.25, 0.3) is 0 Å². The van der Waals surface area contributed by atoms with Gasteiger partial charge in [0.1, 0.15) is 18.2 Å². The van der Waals surface area contributed by atoms with Crippen molar-refractivity contribution in [2.24, 2.45) is 4.99 Å². The molecule has 9 heteroatoms. The van der Waals surface area contributed by atoms with Crippen molar-refractivity contribution >= 4 is 50.3 Å². The largest absolute Gasteiger partial charge is 0.295 e. The molecule has 1 aliphatic rings. The van der Waals surface area contributed by atoms with Gasteiger partial charge in [0, 0.05) is 26.9 Å². The van der Waals surface area contributed by atoms with Crippen LogP contribution in [0.5, 0.6) is 0 Å². The summed E-state index contributed by atoms with van der Waals surface area (Å²) >= 11 is 11.9. The Morgan fingerprint density at radius 1 is 1.11 bits per heavy atom. The van der Waals surface area contributed by atoms with Gasteiger partial charge in [0.05, 0.1) is 11.4 Å². The number of hydrogen-bond donors (Lipinski definition) is 0. The van der Waals surface area contributed by atoms with Crippen LogP contribution in [0.2, 0.25) is 10.0 Å². The molecule has 3 rings (SSSR count). The lowest BCUT2D eigenvalue weighted by Gasteiger charge is -2.23. The third-order valence-corrected chi connectivity index (χ3v) is 6.13. The van der Waals surface area contributed by atoms with Crippen LogP contribution in [0, 0.1) is 5.82 Å². The predicted octanol–water partition coefficient (Wildman–Crippen LogP) is 3.71. The molecule has 0 spiro atoms. The summed E-state index contributed by atoms with van der Waals surface area (Å²) in [6.45, 7) is 1.19.